The lowest BCUT2D eigenvalue weighted by molar-refractivity contribution is -0.147. The molecule has 0 saturated carbocycles. The molecule has 0 aliphatic heterocycles. The monoisotopic (exact) mass is 361 g/mol. The van der Waals surface area contributed by atoms with Gasteiger partial charge in [-0.3, -0.25) is 4.79 Å². The highest BCUT2D eigenvalue weighted by Crippen LogP contribution is 2.16. The van der Waals surface area contributed by atoms with Gasteiger partial charge in [0, 0.05) is 13.5 Å². The van der Waals surface area contributed by atoms with E-state index in [0.717, 1.165) is 5.56 Å². The molecule has 1 aromatic rings. The summed E-state index contributed by atoms with van der Waals surface area (Å²) in [4.78, 5) is 11.3. The lowest BCUT2D eigenvalue weighted by Gasteiger charge is -2.20. The van der Waals surface area contributed by atoms with Crippen molar-refractivity contribution < 1.29 is 17.9 Å². The summed E-state index contributed by atoms with van der Waals surface area (Å²) in [6.45, 7) is 12.0. The predicted octanol–water partition coefficient (Wildman–Crippen LogP) is 2.68. The number of esters is 1. The number of ether oxygens (including phenoxy) is 1. The summed E-state index contributed by atoms with van der Waals surface area (Å²) < 4.78 is 31.8. The van der Waals surface area contributed by atoms with E-state index in [1.165, 1.54) is 23.4 Å². The Kier molecular flexibility index (Phi) is 7.16. The molecular formula is C19H23NO4S. The number of sulfonamides is 1. The van der Waals surface area contributed by atoms with Crippen LogP contribution in [0.5, 0.6) is 0 Å². The highest BCUT2D eigenvalue weighted by Gasteiger charge is 2.24. The minimum atomic E-state index is -3.70. The molecule has 0 aromatic heterocycles. The van der Waals surface area contributed by atoms with Gasteiger partial charge in [-0.05, 0) is 38.0 Å². The number of carbonyl (C=O) groups excluding carboxylic acids is 1. The number of aryl methyl sites for hydroxylation is 1. The fourth-order valence-electron chi connectivity index (χ4n) is 1.97. The molecule has 0 N–H and O–H groups in total. The molecule has 0 aliphatic rings. The van der Waals surface area contributed by atoms with Crippen LogP contribution in [0.1, 0.15) is 19.4 Å². The topological polar surface area (TPSA) is 63.7 Å². The second-order valence-corrected chi connectivity index (χ2v) is 7.54. The Labute approximate surface area is 150 Å². The van der Waals surface area contributed by atoms with E-state index < -0.39 is 21.6 Å². The second-order valence-electron chi connectivity index (χ2n) is 5.61. The van der Waals surface area contributed by atoms with Crippen molar-refractivity contribution in [3.8, 4) is 11.8 Å². The molecule has 25 heavy (non-hydrogen) atoms. The van der Waals surface area contributed by atoms with Crippen molar-refractivity contribution >= 4 is 16.0 Å². The van der Waals surface area contributed by atoms with Gasteiger partial charge in [-0.15, -0.1) is 6.58 Å². The fraction of sp³-hybridized carbons (Fsp3) is 0.316. The van der Waals surface area contributed by atoms with Crippen LogP contribution in [0.15, 0.2) is 54.5 Å². The van der Waals surface area contributed by atoms with Gasteiger partial charge >= 0.3 is 5.97 Å². The third-order valence-corrected chi connectivity index (χ3v) is 5.15. The summed E-state index contributed by atoms with van der Waals surface area (Å²) in [6, 6.07) is 6.59. The lowest BCUT2D eigenvalue weighted by atomic mass is 10.1. The van der Waals surface area contributed by atoms with Crippen LogP contribution < -0.4 is 0 Å². The van der Waals surface area contributed by atoms with Gasteiger partial charge < -0.3 is 4.74 Å². The highest BCUT2D eigenvalue weighted by atomic mass is 32.2. The van der Waals surface area contributed by atoms with Crippen molar-refractivity contribution in [1.82, 2.24) is 4.31 Å². The third-order valence-electron chi connectivity index (χ3n) is 3.33. The number of hydrogen-bond donors (Lipinski definition) is 0. The molecule has 0 aliphatic carbocycles. The molecule has 0 spiro atoms. The zero-order chi connectivity index (χ0) is 19.1. The SMILES string of the molecule is C=CCN(CC#CC(C)(C=C)OC(C)=O)S(=O)(=O)c1ccc(C)cc1. The molecule has 5 nitrogen and oxygen atoms in total. The number of rotatable bonds is 7. The first kappa shape index (κ1) is 20.7. The summed E-state index contributed by atoms with van der Waals surface area (Å²) in [5.74, 6) is 5.01. The van der Waals surface area contributed by atoms with Crippen molar-refractivity contribution in [3.05, 3.63) is 55.1 Å². The van der Waals surface area contributed by atoms with Gasteiger partial charge in [0.25, 0.3) is 0 Å². The maximum atomic E-state index is 12.7. The molecule has 0 bridgehead atoms. The molecule has 134 valence electrons. The summed E-state index contributed by atoms with van der Waals surface area (Å²) in [7, 11) is -3.70. The molecule has 6 heteroatoms. The quantitative estimate of drug-likeness (QED) is 0.425. The normalized spacial score (nSPS) is 13.3. The van der Waals surface area contributed by atoms with Gasteiger partial charge in [0.05, 0.1) is 11.4 Å². The molecule has 0 fully saturated rings. The van der Waals surface area contributed by atoms with Crippen molar-refractivity contribution in [2.75, 3.05) is 13.1 Å². The molecule has 0 radical (unpaired) electrons. The average Bonchev–Trinajstić information content (AvgIpc) is 2.53. The van der Waals surface area contributed by atoms with Crippen LogP contribution in [0, 0.1) is 18.8 Å². The molecule has 1 aromatic carbocycles. The molecule has 1 unspecified atom stereocenters. The maximum absolute atomic E-state index is 12.7. The van der Waals surface area contributed by atoms with E-state index in [9.17, 15) is 13.2 Å². The third kappa shape index (κ3) is 5.89. The molecule has 0 amide bonds. The van der Waals surface area contributed by atoms with Crippen LogP contribution >= 0.6 is 0 Å². The number of nitrogens with zero attached hydrogens (tertiary/aromatic N) is 1. The van der Waals surface area contributed by atoms with Crippen LogP contribution in [-0.2, 0) is 19.6 Å². The molecule has 1 atom stereocenters. The summed E-state index contributed by atoms with van der Waals surface area (Å²) in [6.07, 6.45) is 2.89. The number of benzene rings is 1. The Balaban J connectivity index is 3.07. The molecule has 0 saturated heterocycles. The van der Waals surface area contributed by atoms with Gasteiger partial charge in [0.2, 0.25) is 10.0 Å². The Bertz CT molecular complexity index is 800. The van der Waals surface area contributed by atoms with Crippen molar-refractivity contribution in [2.24, 2.45) is 0 Å². The van der Waals surface area contributed by atoms with Crippen LogP contribution in [0.2, 0.25) is 0 Å². The van der Waals surface area contributed by atoms with E-state index in [1.54, 1.807) is 31.2 Å². The van der Waals surface area contributed by atoms with Crippen LogP contribution in [0.3, 0.4) is 0 Å². The highest BCUT2D eigenvalue weighted by molar-refractivity contribution is 7.89. The van der Waals surface area contributed by atoms with Gasteiger partial charge in [-0.1, -0.05) is 36.3 Å². The fourth-order valence-corrected chi connectivity index (χ4v) is 3.29. The average molecular weight is 361 g/mol. The minimum Gasteiger partial charge on any atom is -0.443 e. The maximum Gasteiger partial charge on any atom is 0.304 e. The largest absolute Gasteiger partial charge is 0.443 e. The molecular weight excluding hydrogens is 338 g/mol. The Morgan fingerprint density at radius 2 is 1.92 bits per heavy atom. The van der Waals surface area contributed by atoms with Crippen molar-refractivity contribution in [3.63, 3.8) is 0 Å². The molecule has 1 rings (SSSR count). The zero-order valence-electron chi connectivity index (χ0n) is 14.8. The number of carbonyl (C=O) groups is 1. The lowest BCUT2D eigenvalue weighted by Crippen LogP contribution is -2.32. The summed E-state index contributed by atoms with van der Waals surface area (Å²) in [5, 5.41) is 0. The van der Waals surface area contributed by atoms with Crippen molar-refractivity contribution in [2.45, 2.75) is 31.3 Å². The first-order valence-corrected chi connectivity index (χ1v) is 9.09. The van der Waals surface area contributed by atoms with Gasteiger partial charge in [0.15, 0.2) is 5.60 Å². The van der Waals surface area contributed by atoms with Gasteiger partial charge in [0.1, 0.15) is 0 Å². The standard InChI is InChI=1S/C19H23NO4S/c1-6-14-20(15-8-13-19(5,7-2)24-17(4)21)25(22,23)18-11-9-16(3)10-12-18/h6-7,9-12H,1-2,14-15H2,3-5H3. The van der Waals surface area contributed by atoms with E-state index in [0.29, 0.717) is 0 Å². The van der Waals surface area contributed by atoms with E-state index in [1.807, 2.05) is 6.92 Å². The Hall–Kier alpha value is -2.36. The smallest absolute Gasteiger partial charge is 0.304 e. The number of hydrogen-bond acceptors (Lipinski definition) is 4. The van der Waals surface area contributed by atoms with E-state index in [4.69, 9.17) is 4.74 Å². The minimum absolute atomic E-state index is 0.0626. The Morgan fingerprint density at radius 3 is 2.40 bits per heavy atom. The molecule has 0 heterocycles. The zero-order valence-corrected chi connectivity index (χ0v) is 15.6. The first-order chi connectivity index (χ1) is 11.6. The van der Waals surface area contributed by atoms with Crippen LogP contribution in [-0.4, -0.2) is 37.4 Å². The van der Waals surface area contributed by atoms with E-state index in [2.05, 4.69) is 25.0 Å². The Morgan fingerprint density at radius 1 is 1.32 bits per heavy atom. The summed E-state index contributed by atoms with van der Waals surface area (Å²) >= 11 is 0. The second kappa shape index (κ2) is 8.65. The van der Waals surface area contributed by atoms with Crippen LogP contribution in [0.4, 0.5) is 0 Å². The summed E-state index contributed by atoms with van der Waals surface area (Å²) in [5.41, 5.74) is -0.198. The van der Waals surface area contributed by atoms with Crippen molar-refractivity contribution in [1.29, 1.82) is 0 Å². The van der Waals surface area contributed by atoms with Gasteiger partial charge in [-0.2, -0.15) is 4.31 Å². The first-order valence-electron chi connectivity index (χ1n) is 7.65. The van der Waals surface area contributed by atoms with E-state index >= 15 is 0 Å². The van der Waals surface area contributed by atoms with Gasteiger partial charge in [-0.25, -0.2) is 8.42 Å². The van der Waals surface area contributed by atoms with Crippen LogP contribution in [0.25, 0.3) is 0 Å². The predicted molar refractivity (Wildman–Crippen MR) is 98.3 cm³/mol. The van der Waals surface area contributed by atoms with E-state index in [-0.39, 0.29) is 18.0 Å².